The van der Waals surface area contributed by atoms with E-state index in [-0.39, 0.29) is 30.9 Å². The van der Waals surface area contributed by atoms with Gasteiger partial charge in [0.05, 0.1) is 6.04 Å². The lowest BCUT2D eigenvalue weighted by Crippen LogP contribution is -2.52. The lowest BCUT2D eigenvalue weighted by atomic mass is 10.1. The maximum absolute atomic E-state index is 12.3. The van der Waals surface area contributed by atoms with Crippen LogP contribution in [0.3, 0.4) is 0 Å². The van der Waals surface area contributed by atoms with E-state index in [9.17, 15) is 4.79 Å². The zero-order valence-electron chi connectivity index (χ0n) is 12.6. The molecule has 2 aliphatic rings. The Hall–Kier alpha value is -0.880. The minimum atomic E-state index is 0. The fourth-order valence-corrected chi connectivity index (χ4v) is 2.99. The van der Waals surface area contributed by atoms with Crippen molar-refractivity contribution >= 4 is 30.7 Å². The van der Waals surface area contributed by atoms with E-state index in [0.717, 1.165) is 52.1 Å². The first-order valence-electron chi connectivity index (χ1n) is 7.46. The SMILES string of the molecule is Cl.Cl.O=C([C@H]1CCCN1)N1CCN(Cc2cccnc2)CC1. The zero-order valence-corrected chi connectivity index (χ0v) is 14.2. The van der Waals surface area contributed by atoms with Crippen LogP contribution < -0.4 is 5.32 Å². The van der Waals surface area contributed by atoms with Crippen LogP contribution in [0.4, 0.5) is 0 Å². The first-order chi connectivity index (χ1) is 9.83. The highest BCUT2D eigenvalue weighted by Crippen LogP contribution is 2.12. The normalized spacial score (nSPS) is 21.8. The Kier molecular flexibility index (Phi) is 8.10. The highest BCUT2D eigenvalue weighted by atomic mass is 35.5. The fraction of sp³-hybridized carbons (Fsp3) is 0.600. The molecule has 0 radical (unpaired) electrons. The minimum Gasteiger partial charge on any atom is -0.339 e. The van der Waals surface area contributed by atoms with Gasteiger partial charge in [0.25, 0.3) is 0 Å². The molecular weight excluding hydrogens is 323 g/mol. The third-order valence-corrected chi connectivity index (χ3v) is 4.17. The van der Waals surface area contributed by atoms with Crippen LogP contribution in [0, 0.1) is 0 Å². The van der Waals surface area contributed by atoms with E-state index < -0.39 is 0 Å². The Morgan fingerprint density at radius 3 is 2.64 bits per heavy atom. The molecular formula is C15H24Cl2N4O. The molecule has 7 heteroatoms. The van der Waals surface area contributed by atoms with Gasteiger partial charge in [-0.2, -0.15) is 0 Å². The maximum atomic E-state index is 12.3. The molecule has 3 rings (SSSR count). The number of carbonyl (C=O) groups excluding carboxylic acids is 1. The van der Waals surface area contributed by atoms with Crippen LogP contribution in [-0.4, -0.2) is 59.5 Å². The molecule has 0 saturated carbocycles. The van der Waals surface area contributed by atoms with E-state index in [1.165, 1.54) is 5.56 Å². The number of amides is 1. The van der Waals surface area contributed by atoms with E-state index in [1.54, 1.807) is 6.20 Å². The summed E-state index contributed by atoms with van der Waals surface area (Å²) in [4.78, 5) is 20.9. The predicted octanol–water partition coefficient (Wildman–Crippen LogP) is 1.32. The van der Waals surface area contributed by atoms with Gasteiger partial charge in [0, 0.05) is 45.1 Å². The van der Waals surface area contributed by atoms with E-state index in [2.05, 4.69) is 21.3 Å². The highest BCUT2D eigenvalue weighted by Gasteiger charge is 2.28. The number of pyridine rings is 1. The number of rotatable bonds is 3. The van der Waals surface area contributed by atoms with E-state index in [1.807, 2.05) is 17.2 Å². The summed E-state index contributed by atoms with van der Waals surface area (Å²) in [5.74, 6) is 0.295. The second-order valence-electron chi connectivity index (χ2n) is 5.61. The molecule has 2 aliphatic heterocycles. The molecule has 0 spiro atoms. The van der Waals surface area contributed by atoms with Crippen LogP contribution in [0.25, 0.3) is 0 Å². The van der Waals surface area contributed by atoms with Gasteiger partial charge in [0.1, 0.15) is 0 Å². The molecule has 3 heterocycles. The van der Waals surface area contributed by atoms with Gasteiger partial charge in [0.15, 0.2) is 0 Å². The number of nitrogens with one attached hydrogen (secondary N) is 1. The molecule has 0 aliphatic carbocycles. The van der Waals surface area contributed by atoms with Crippen molar-refractivity contribution in [1.82, 2.24) is 20.1 Å². The van der Waals surface area contributed by atoms with Crippen LogP contribution in [0.1, 0.15) is 18.4 Å². The third kappa shape index (κ3) is 4.81. The number of hydrogen-bond acceptors (Lipinski definition) is 4. The van der Waals surface area contributed by atoms with Crippen LogP contribution >= 0.6 is 24.8 Å². The van der Waals surface area contributed by atoms with Gasteiger partial charge in [0.2, 0.25) is 5.91 Å². The predicted molar refractivity (Wildman–Crippen MR) is 91.6 cm³/mol. The molecule has 5 nitrogen and oxygen atoms in total. The van der Waals surface area contributed by atoms with Crippen LogP contribution in [0.2, 0.25) is 0 Å². The fourth-order valence-electron chi connectivity index (χ4n) is 2.99. The van der Waals surface area contributed by atoms with Gasteiger partial charge >= 0.3 is 0 Å². The maximum Gasteiger partial charge on any atom is 0.239 e. The molecule has 0 aromatic carbocycles. The Labute approximate surface area is 144 Å². The van der Waals surface area contributed by atoms with Crippen molar-refractivity contribution in [2.75, 3.05) is 32.7 Å². The molecule has 1 amide bonds. The summed E-state index contributed by atoms with van der Waals surface area (Å²) in [6, 6.07) is 4.15. The lowest BCUT2D eigenvalue weighted by molar-refractivity contribution is -0.134. The average molecular weight is 347 g/mol. The summed E-state index contributed by atoms with van der Waals surface area (Å²) < 4.78 is 0. The van der Waals surface area contributed by atoms with Crippen molar-refractivity contribution in [1.29, 1.82) is 0 Å². The summed E-state index contributed by atoms with van der Waals surface area (Å²) in [6.45, 7) is 5.50. The van der Waals surface area contributed by atoms with Gasteiger partial charge in [-0.15, -0.1) is 24.8 Å². The lowest BCUT2D eigenvalue weighted by Gasteiger charge is -2.35. The Morgan fingerprint density at radius 1 is 1.27 bits per heavy atom. The Bertz CT molecular complexity index is 446. The van der Waals surface area contributed by atoms with Crippen LogP contribution in [0.15, 0.2) is 24.5 Å². The van der Waals surface area contributed by atoms with Gasteiger partial charge < -0.3 is 10.2 Å². The molecule has 1 atom stereocenters. The number of aromatic nitrogens is 1. The first-order valence-corrected chi connectivity index (χ1v) is 7.46. The van der Waals surface area contributed by atoms with E-state index in [4.69, 9.17) is 0 Å². The number of carbonyl (C=O) groups is 1. The second-order valence-corrected chi connectivity index (χ2v) is 5.61. The molecule has 0 bridgehead atoms. The van der Waals surface area contributed by atoms with Crippen molar-refractivity contribution in [3.05, 3.63) is 30.1 Å². The molecule has 0 unspecified atom stereocenters. The minimum absolute atomic E-state index is 0. The molecule has 1 aromatic rings. The number of halogens is 2. The standard InChI is InChI=1S/C15H22N4O.2ClH/c20-15(14-4-2-6-17-14)19-9-7-18(8-10-19)12-13-3-1-5-16-11-13;;/h1,3,5,11,14,17H,2,4,6-10,12H2;2*1H/t14-;;/m1../s1. The summed E-state index contributed by atoms with van der Waals surface area (Å²) >= 11 is 0. The summed E-state index contributed by atoms with van der Waals surface area (Å²) in [7, 11) is 0. The Balaban J connectivity index is 0.00000121. The number of nitrogens with zero attached hydrogens (tertiary/aromatic N) is 3. The van der Waals surface area contributed by atoms with E-state index >= 15 is 0 Å². The molecule has 2 fully saturated rings. The Morgan fingerprint density at radius 2 is 2.05 bits per heavy atom. The van der Waals surface area contributed by atoms with Gasteiger partial charge in [-0.1, -0.05) is 6.07 Å². The van der Waals surface area contributed by atoms with Crippen LogP contribution in [0.5, 0.6) is 0 Å². The highest BCUT2D eigenvalue weighted by molar-refractivity contribution is 5.85. The molecule has 124 valence electrons. The topological polar surface area (TPSA) is 48.5 Å². The first kappa shape index (κ1) is 19.2. The summed E-state index contributed by atoms with van der Waals surface area (Å²) in [5.41, 5.74) is 1.24. The quantitative estimate of drug-likeness (QED) is 0.896. The number of hydrogen-bond donors (Lipinski definition) is 1. The smallest absolute Gasteiger partial charge is 0.239 e. The molecule has 1 N–H and O–H groups in total. The molecule has 22 heavy (non-hydrogen) atoms. The second kappa shape index (κ2) is 9.30. The third-order valence-electron chi connectivity index (χ3n) is 4.17. The van der Waals surface area contributed by atoms with E-state index in [0.29, 0.717) is 5.91 Å². The van der Waals surface area contributed by atoms with Crippen molar-refractivity contribution < 1.29 is 4.79 Å². The van der Waals surface area contributed by atoms with Gasteiger partial charge in [-0.05, 0) is 31.0 Å². The van der Waals surface area contributed by atoms with Crippen LogP contribution in [-0.2, 0) is 11.3 Å². The summed E-state index contributed by atoms with van der Waals surface area (Å²) in [6.07, 6.45) is 5.83. The van der Waals surface area contributed by atoms with Crippen molar-refractivity contribution in [3.63, 3.8) is 0 Å². The van der Waals surface area contributed by atoms with Crippen molar-refractivity contribution in [2.24, 2.45) is 0 Å². The van der Waals surface area contributed by atoms with Gasteiger partial charge in [-0.25, -0.2) is 0 Å². The van der Waals surface area contributed by atoms with Crippen molar-refractivity contribution in [2.45, 2.75) is 25.4 Å². The largest absolute Gasteiger partial charge is 0.339 e. The average Bonchev–Trinajstić information content (AvgIpc) is 3.03. The number of piperazine rings is 1. The summed E-state index contributed by atoms with van der Waals surface area (Å²) in [5, 5.41) is 3.29. The van der Waals surface area contributed by atoms with Gasteiger partial charge in [-0.3, -0.25) is 14.7 Å². The molecule has 2 saturated heterocycles. The zero-order chi connectivity index (χ0) is 13.8. The van der Waals surface area contributed by atoms with Crippen molar-refractivity contribution in [3.8, 4) is 0 Å². The monoisotopic (exact) mass is 346 g/mol. The molecule has 1 aromatic heterocycles.